The number of fused-ring (bicyclic) bond motifs is 11. The molecule has 25 heavy (non-hydrogen) atoms. The number of hydrogen-bond acceptors (Lipinski definition) is 3. The number of methoxy groups -OCH3 is 1. The van der Waals surface area contributed by atoms with Gasteiger partial charge in [-0.15, -0.1) is 0 Å². The van der Waals surface area contributed by atoms with Crippen molar-refractivity contribution in [2.24, 2.45) is 0 Å². The van der Waals surface area contributed by atoms with E-state index in [9.17, 15) is 4.79 Å². The Balaban J connectivity index is 1.33. The Kier molecular flexibility index (Phi) is 0.481. The first-order chi connectivity index (χ1) is 11.9. The molecule has 4 atom stereocenters. The molecule has 0 aliphatic carbocycles. The monoisotopic (exact) mass is 438 g/mol. The van der Waals surface area contributed by atoms with Gasteiger partial charge in [0.15, 0.2) is 0 Å². The molecule has 12 rings (SSSR count). The molecule has 0 N–H and O–H groups in total. The van der Waals surface area contributed by atoms with Crippen LogP contribution >= 0.6 is 15.9 Å². The zero-order chi connectivity index (χ0) is 16.0. The van der Waals surface area contributed by atoms with E-state index in [-0.39, 0.29) is 5.43 Å². The summed E-state index contributed by atoms with van der Waals surface area (Å²) in [6.07, 6.45) is 0. The third-order valence-corrected chi connectivity index (χ3v) is 60.1. The van der Waals surface area contributed by atoms with E-state index in [0.29, 0.717) is 9.70 Å². The van der Waals surface area contributed by atoms with Crippen molar-refractivity contribution >= 4 is 26.9 Å². The average molecular weight is 439 g/mol. The Morgan fingerprint density at radius 2 is 1.72 bits per heavy atom. The maximum atomic E-state index is 13.1. The summed E-state index contributed by atoms with van der Waals surface area (Å²) in [5.74, 6) is 1.90. The van der Waals surface area contributed by atoms with E-state index in [1.807, 2.05) is 18.2 Å². The van der Waals surface area contributed by atoms with Gasteiger partial charge in [0, 0.05) is 0 Å². The summed E-state index contributed by atoms with van der Waals surface area (Å²) < 4.78 is 13.3. The van der Waals surface area contributed by atoms with Gasteiger partial charge in [-0.2, -0.15) is 0 Å². The van der Waals surface area contributed by atoms with Crippen LogP contribution in [-0.2, 0) is 10.8 Å². The zero-order valence-electron chi connectivity index (χ0n) is 13.4. The number of hydrogen-bond donors (Lipinski definition) is 0. The van der Waals surface area contributed by atoms with Crippen LogP contribution in [0.2, 0.25) is 43.3 Å². The maximum absolute atomic E-state index is 13.1. The molecule has 4 unspecified atom stereocenters. The van der Waals surface area contributed by atoms with Gasteiger partial charge in [0.25, 0.3) is 0 Å². The van der Waals surface area contributed by atoms with Crippen LogP contribution in [0.3, 0.4) is 0 Å². The number of ether oxygens (including phenoxy) is 1. The molecule has 10 fully saturated rings. The van der Waals surface area contributed by atoms with Crippen LogP contribution in [0.15, 0.2) is 31.9 Å². The van der Waals surface area contributed by atoms with Crippen molar-refractivity contribution in [2.75, 3.05) is 7.11 Å². The molecule has 2 aromatic rings. The fraction of sp³-hybridized carbons (Fsp3) is 0.550. The molecule has 0 amide bonds. The fourth-order valence-electron chi connectivity index (χ4n) is 18.3. The summed E-state index contributed by atoms with van der Waals surface area (Å²) in [4.78, 5) is 23.9. The van der Waals surface area contributed by atoms with Crippen LogP contribution in [-0.4, -0.2) is 7.11 Å². The first-order valence-corrected chi connectivity index (χ1v) is 16.5. The summed E-state index contributed by atoms with van der Waals surface area (Å²) in [5, 5.41) is 0.683. The van der Waals surface area contributed by atoms with E-state index in [2.05, 4.69) is 15.9 Å². The van der Waals surface area contributed by atoms with Crippen molar-refractivity contribution in [2.45, 2.75) is 47.7 Å². The summed E-state index contributed by atoms with van der Waals surface area (Å²) in [6, 6.07) is 5.63. The predicted octanol–water partition coefficient (Wildman–Crippen LogP) is 5.36. The average Bonchev–Trinajstić information content (AvgIpc) is 3.56. The summed E-state index contributed by atoms with van der Waals surface area (Å²) in [7, 11) is 1.67. The van der Waals surface area contributed by atoms with E-state index in [1.54, 1.807) is 7.11 Å². The van der Waals surface area contributed by atoms with Gasteiger partial charge in [0.2, 0.25) is 0 Å². The Bertz CT molecular complexity index is 1580. The second kappa shape index (κ2) is 1.14. The summed E-state index contributed by atoms with van der Waals surface area (Å²) in [5.41, 5.74) is 0.869. The second-order valence-electron chi connectivity index (χ2n) is 12.6. The Morgan fingerprint density at radius 3 is 2.20 bits per heavy atom. The van der Waals surface area contributed by atoms with Gasteiger partial charge < -0.3 is 0 Å². The van der Waals surface area contributed by atoms with Gasteiger partial charge in [-0.3, -0.25) is 0 Å². The second-order valence-corrected chi connectivity index (χ2v) is 37.0. The standard InChI is InChI=1S/C15H10BrO3.C5H5.Fe/c1-18-10-6-7-11-12(8-10)19-15(13(16)14(11)17)9-4-2-3-5-9;1-2-4-5-3-1;/h2-8H,1H3;1-5H;. The molecular formula is C20H15BrFeO3. The molecule has 128 valence electrons. The number of benzene rings is 1. The predicted molar refractivity (Wildman–Crippen MR) is 92.2 cm³/mol. The molecule has 10 aliphatic rings. The van der Waals surface area contributed by atoms with Crippen LogP contribution in [0.5, 0.6) is 5.75 Å². The van der Waals surface area contributed by atoms with Gasteiger partial charge in [-0.25, -0.2) is 0 Å². The van der Waals surface area contributed by atoms with Crippen LogP contribution in [0.4, 0.5) is 0 Å². The van der Waals surface area contributed by atoms with Crippen LogP contribution in [0.25, 0.3) is 11.0 Å². The Morgan fingerprint density at radius 1 is 1.08 bits per heavy atom. The van der Waals surface area contributed by atoms with E-state index in [4.69, 9.17) is 9.15 Å². The summed E-state index contributed by atoms with van der Waals surface area (Å²) in [6.45, 7) is -3.34. The minimum atomic E-state index is -3.34. The van der Waals surface area contributed by atoms with Gasteiger partial charge >= 0.3 is 142 Å². The van der Waals surface area contributed by atoms with Crippen molar-refractivity contribution in [3.05, 3.63) is 38.7 Å². The van der Waals surface area contributed by atoms with E-state index in [1.165, 1.54) is 33.7 Å². The molecule has 3 nitrogen and oxygen atoms in total. The molecule has 1 aromatic heterocycles. The third kappa shape index (κ3) is 0.169. The van der Waals surface area contributed by atoms with Crippen LogP contribution < -0.4 is 10.2 Å². The van der Waals surface area contributed by atoms with Crippen LogP contribution in [0, 0.1) is 0 Å². The number of rotatable bonds is 2. The van der Waals surface area contributed by atoms with Crippen molar-refractivity contribution in [3.63, 3.8) is 0 Å². The SMILES string of the molecule is COc1ccc2c(=O)c(Br)c([C]34[CH]5[CH]6[CH]7[CH]3[Fe]6754389%10[CH]4[CH]3[CH]8[CH]9[CH]4%10)oc2c1. The molecule has 11 heterocycles. The van der Waals surface area contributed by atoms with Gasteiger partial charge in [0.1, 0.15) is 0 Å². The van der Waals surface area contributed by atoms with Crippen LogP contribution in [0.1, 0.15) is 5.76 Å². The first-order valence-electron chi connectivity index (χ1n) is 9.41. The minimum absolute atomic E-state index is 0.134. The fourth-order valence-corrected chi connectivity index (χ4v) is 93.0. The van der Waals surface area contributed by atoms with Gasteiger partial charge in [-0.1, -0.05) is 0 Å². The molecule has 0 radical (unpaired) electrons. The van der Waals surface area contributed by atoms with E-state index < -0.39 is 6.51 Å². The van der Waals surface area contributed by atoms with Crippen molar-refractivity contribution in [1.29, 1.82) is 0 Å². The van der Waals surface area contributed by atoms with Crippen molar-refractivity contribution < 1.29 is 15.7 Å². The molecule has 0 bridgehead atoms. The van der Waals surface area contributed by atoms with Crippen molar-refractivity contribution in [1.82, 2.24) is 0 Å². The topological polar surface area (TPSA) is 39.4 Å². The quantitative estimate of drug-likeness (QED) is 0.592. The summed E-state index contributed by atoms with van der Waals surface area (Å²) >= 11 is 3.73. The molecule has 5 heteroatoms. The van der Waals surface area contributed by atoms with Gasteiger partial charge in [0.05, 0.1) is 0 Å². The first kappa shape index (κ1) is 10.5. The normalized spacial score (nSPS) is 84.8. The van der Waals surface area contributed by atoms with Crippen molar-refractivity contribution in [3.8, 4) is 5.75 Å². The number of halogens is 1. The molecule has 0 saturated carbocycles. The third-order valence-electron chi connectivity index (χ3n) is 17.1. The van der Waals surface area contributed by atoms with Gasteiger partial charge in [-0.05, 0) is 0 Å². The Hall–Kier alpha value is -0.771. The molecule has 10 saturated heterocycles. The van der Waals surface area contributed by atoms with E-state index >= 15 is 0 Å². The molecule has 1 aromatic carbocycles. The molecule has 1 spiro atoms. The molecular weight excluding hydrogens is 424 g/mol. The molecule has 10 aliphatic heterocycles. The Labute approximate surface area is 141 Å². The zero-order valence-corrected chi connectivity index (χ0v) is 16.1. The van der Waals surface area contributed by atoms with E-state index in [0.717, 1.165) is 31.2 Å².